The van der Waals surface area contributed by atoms with Gasteiger partial charge in [0.05, 0.1) is 0 Å². The Hall–Kier alpha value is -1.55. The summed E-state index contributed by atoms with van der Waals surface area (Å²) >= 11 is 0. The van der Waals surface area contributed by atoms with Crippen molar-refractivity contribution in [1.82, 2.24) is 4.90 Å². The van der Waals surface area contributed by atoms with Crippen molar-refractivity contribution in [3.05, 3.63) is 35.4 Å². The number of likely N-dealkylation sites (tertiary alicyclic amines) is 1. The van der Waals surface area contributed by atoms with Crippen LogP contribution in [0.4, 0.5) is 0 Å². The molecule has 0 bridgehead atoms. The third-order valence-corrected chi connectivity index (χ3v) is 4.22. The first-order valence-corrected chi connectivity index (χ1v) is 6.92. The van der Waals surface area contributed by atoms with Crippen LogP contribution in [0.15, 0.2) is 29.4 Å². The van der Waals surface area contributed by atoms with Crippen molar-refractivity contribution < 1.29 is 5.21 Å². The van der Waals surface area contributed by atoms with Crippen LogP contribution in [-0.2, 0) is 6.54 Å². The van der Waals surface area contributed by atoms with Gasteiger partial charge in [0.25, 0.3) is 0 Å². The van der Waals surface area contributed by atoms with Gasteiger partial charge in [-0.25, -0.2) is 0 Å². The number of oxime groups is 1. The van der Waals surface area contributed by atoms with Crippen LogP contribution >= 0.6 is 0 Å². The van der Waals surface area contributed by atoms with Gasteiger partial charge >= 0.3 is 0 Å². The minimum atomic E-state index is 0.168. The summed E-state index contributed by atoms with van der Waals surface area (Å²) in [5.41, 5.74) is 7.62. The zero-order valence-electron chi connectivity index (χ0n) is 11.7. The van der Waals surface area contributed by atoms with E-state index in [1.165, 1.54) is 18.4 Å². The second-order valence-corrected chi connectivity index (χ2v) is 5.52. The second kappa shape index (κ2) is 6.06. The van der Waals surface area contributed by atoms with Gasteiger partial charge in [0, 0.05) is 18.2 Å². The van der Waals surface area contributed by atoms with Crippen molar-refractivity contribution in [3.63, 3.8) is 0 Å². The molecule has 0 spiro atoms. The zero-order chi connectivity index (χ0) is 13.8. The maximum absolute atomic E-state index is 8.73. The lowest BCUT2D eigenvalue weighted by Crippen LogP contribution is -2.41. The molecule has 1 heterocycles. The molecule has 4 nitrogen and oxygen atoms in total. The Balaban J connectivity index is 2.10. The monoisotopic (exact) mass is 261 g/mol. The third-order valence-electron chi connectivity index (χ3n) is 4.22. The molecule has 2 atom stereocenters. The Morgan fingerprint density at radius 3 is 3.00 bits per heavy atom. The van der Waals surface area contributed by atoms with Gasteiger partial charge in [0.15, 0.2) is 5.84 Å². The Labute approximate surface area is 114 Å². The van der Waals surface area contributed by atoms with Gasteiger partial charge in [0.1, 0.15) is 0 Å². The normalized spacial score (nSPS) is 25.5. The van der Waals surface area contributed by atoms with E-state index in [-0.39, 0.29) is 5.84 Å². The number of benzene rings is 1. The van der Waals surface area contributed by atoms with Crippen LogP contribution in [0, 0.1) is 5.92 Å². The fourth-order valence-corrected chi connectivity index (χ4v) is 2.77. The van der Waals surface area contributed by atoms with E-state index in [1.807, 2.05) is 18.2 Å². The van der Waals surface area contributed by atoms with Crippen molar-refractivity contribution >= 4 is 5.84 Å². The molecule has 4 heteroatoms. The summed E-state index contributed by atoms with van der Waals surface area (Å²) in [6.07, 6.45) is 2.59. The van der Waals surface area contributed by atoms with E-state index in [4.69, 9.17) is 10.9 Å². The number of rotatable bonds is 3. The van der Waals surface area contributed by atoms with Crippen molar-refractivity contribution in [2.45, 2.75) is 39.3 Å². The SMILES string of the molecule is CC1CCCN(Cc2cccc(C(N)=NO)c2)C1C. The molecule has 1 fully saturated rings. The number of piperidine rings is 1. The van der Waals surface area contributed by atoms with E-state index in [9.17, 15) is 0 Å². The molecule has 104 valence electrons. The Morgan fingerprint density at radius 1 is 1.47 bits per heavy atom. The molecule has 0 aromatic heterocycles. The average molecular weight is 261 g/mol. The zero-order valence-corrected chi connectivity index (χ0v) is 11.7. The van der Waals surface area contributed by atoms with Crippen LogP contribution in [0.3, 0.4) is 0 Å². The summed E-state index contributed by atoms with van der Waals surface area (Å²) in [5, 5.41) is 11.8. The highest BCUT2D eigenvalue weighted by Crippen LogP contribution is 2.24. The summed E-state index contributed by atoms with van der Waals surface area (Å²) in [6, 6.07) is 8.53. The predicted octanol–water partition coefficient (Wildman–Crippen LogP) is 2.40. The van der Waals surface area contributed by atoms with Gasteiger partial charge in [-0.3, -0.25) is 4.90 Å². The van der Waals surface area contributed by atoms with E-state index in [0.29, 0.717) is 6.04 Å². The summed E-state index contributed by atoms with van der Waals surface area (Å²) in [7, 11) is 0. The average Bonchev–Trinajstić information content (AvgIpc) is 2.43. The van der Waals surface area contributed by atoms with Gasteiger partial charge in [-0.2, -0.15) is 0 Å². The summed E-state index contributed by atoms with van der Waals surface area (Å²) in [6.45, 7) is 6.71. The van der Waals surface area contributed by atoms with Gasteiger partial charge < -0.3 is 10.9 Å². The maximum Gasteiger partial charge on any atom is 0.170 e. The number of hydrogen-bond donors (Lipinski definition) is 2. The highest BCUT2D eigenvalue weighted by molar-refractivity contribution is 5.97. The first-order chi connectivity index (χ1) is 9.11. The Kier molecular flexibility index (Phi) is 4.43. The quantitative estimate of drug-likeness (QED) is 0.380. The van der Waals surface area contributed by atoms with Crippen LogP contribution in [0.1, 0.15) is 37.8 Å². The summed E-state index contributed by atoms with van der Waals surface area (Å²) < 4.78 is 0. The van der Waals surface area contributed by atoms with Crippen LogP contribution in [-0.4, -0.2) is 28.5 Å². The van der Waals surface area contributed by atoms with Crippen molar-refractivity contribution in [2.75, 3.05) is 6.54 Å². The minimum absolute atomic E-state index is 0.168. The molecule has 0 amide bonds. The molecule has 0 radical (unpaired) electrons. The number of nitrogens with two attached hydrogens (primary N) is 1. The standard InChI is InChI=1S/C15H23N3O/c1-11-5-4-8-18(12(11)2)10-13-6-3-7-14(9-13)15(16)17-19/h3,6-7,9,11-12,19H,4-5,8,10H2,1-2H3,(H2,16,17). The van der Waals surface area contributed by atoms with Crippen molar-refractivity contribution in [2.24, 2.45) is 16.8 Å². The lowest BCUT2D eigenvalue weighted by Gasteiger charge is -2.38. The first-order valence-electron chi connectivity index (χ1n) is 6.92. The highest BCUT2D eigenvalue weighted by Gasteiger charge is 2.24. The fraction of sp³-hybridized carbons (Fsp3) is 0.533. The molecule has 1 aliphatic rings. The molecule has 19 heavy (non-hydrogen) atoms. The molecule has 1 aromatic carbocycles. The summed E-state index contributed by atoms with van der Waals surface area (Å²) in [4.78, 5) is 2.51. The molecule has 3 N–H and O–H groups in total. The van der Waals surface area contributed by atoms with Gasteiger partial charge in [-0.15, -0.1) is 0 Å². The van der Waals surface area contributed by atoms with E-state index in [2.05, 4.69) is 30.0 Å². The van der Waals surface area contributed by atoms with Crippen LogP contribution in [0.5, 0.6) is 0 Å². The Bertz CT molecular complexity index is 458. The highest BCUT2D eigenvalue weighted by atomic mass is 16.4. The smallest absolute Gasteiger partial charge is 0.170 e. The molecule has 0 aliphatic carbocycles. The molecule has 1 aliphatic heterocycles. The largest absolute Gasteiger partial charge is 0.409 e. The van der Waals surface area contributed by atoms with Crippen LogP contribution in [0.25, 0.3) is 0 Å². The maximum atomic E-state index is 8.73. The molecule has 1 saturated heterocycles. The first kappa shape index (κ1) is 13.9. The van der Waals surface area contributed by atoms with E-state index >= 15 is 0 Å². The summed E-state index contributed by atoms with van der Waals surface area (Å²) in [5.74, 6) is 0.919. The third kappa shape index (κ3) is 3.26. The molecule has 0 saturated carbocycles. The molecular formula is C15H23N3O. The van der Waals surface area contributed by atoms with Crippen LogP contribution < -0.4 is 5.73 Å². The molecule has 1 aromatic rings. The van der Waals surface area contributed by atoms with E-state index < -0.39 is 0 Å². The Morgan fingerprint density at radius 2 is 2.26 bits per heavy atom. The lowest BCUT2D eigenvalue weighted by atomic mass is 9.91. The van der Waals surface area contributed by atoms with Crippen molar-refractivity contribution in [1.29, 1.82) is 0 Å². The molecular weight excluding hydrogens is 238 g/mol. The van der Waals surface area contributed by atoms with Gasteiger partial charge in [-0.1, -0.05) is 30.3 Å². The molecule has 2 rings (SSSR count). The number of amidine groups is 1. The lowest BCUT2D eigenvalue weighted by molar-refractivity contribution is 0.106. The van der Waals surface area contributed by atoms with Gasteiger partial charge in [0.2, 0.25) is 0 Å². The fourth-order valence-electron chi connectivity index (χ4n) is 2.77. The topological polar surface area (TPSA) is 61.8 Å². The molecule has 2 unspecified atom stereocenters. The van der Waals surface area contributed by atoms with Crippen LogP contribution in [0.2, 0.25) is 0 Å². The van der Waals surface area contributed by atoms with Crippen molar-refractivity contribution in [3.8, 4) is 0 Å². The second-order valence-electron chi connectivity index (χ2n) is 5.52. The minimum Gasteiger partial charge on any atom is -0.409 e. The number of nitrogens with zero attached hydrogens (tertiary/aromatic N) is 2. The van der Waals surface area contributed by atoms with E-state index in [1.54, 1.807) is 0 Å². The van der Waals surface area contributed by atoms with E-state index in [0.717, 1.165) is 24.6 Å². The number of hydrogen-bond acceptors (Lipinski definition) is 3. The predicted molar refractivity (Wildman–Crippen MR) is 77.2 cm³/mol. The van der Waals surface area contributed by atoms with Gasteiger partial charge in [-0.05, 0) is 43.9 Å².